The minimum Gasteiger partial charge on any atom is -0.444 e. The van der Waals surface area contributed by atoms with E-state index in [1.54, 1.807) is 12.0 Å². The fraction of sp³-hybridized carbons (Fsp3) is 0.889. The molecule has 0 aliphatic carbocycles. The molecule has 2 saturated heterocycles. The van der Waals surface area contributed by atoms with Gasteiger partial charge in [0.05, 0.1) is 13.2 Å². The van der Waals surface area contributed by atoms with Gasteiger partial charge in [0.15, 0.2) is 5.96 Å². The van der Waals surface area contributed by atoms with Crippen LogP contribution in [0, 0.1) is 0 Å². The van der Waals surface area contributed by atoms with Crippen LogP contribution < -0.4 is 5.73 Å². The van der Waals surface area contributed by atoms with Gasteiger partial charge in [-0.2, -0.15) is 0 Å². The fourth-order valence-electron chi connectivity index (χ4n) is 3.35. The maximum absolute atomic E-state index is 12.1. The Bertz CT molecular complexity index is 484. The third-order valence-electron chi connectivity index (χ3n) is 4.80. The van der Waals surface area contributed by atoms with Gasteiger partial charge in [0, 0.05) is 45.9 Å². The maximum atomic E-state index is 12.1. The van der Waals surface area contributed by atoms with Crippen molar-refractivity contribution in [2.24, 2.45) is 10.7 Å². The Labute approximate surface area is 157 Å². The molecule has 8 nitrogen and oxygen atoms in total. The van der Waals surface area contributed by atoms with Crippen molar-refractivity contribution in [1.29, 1.82) is 0 Å². The Hall–Kier alpha value is -1.54. The topological polar surface area (TPSA) is 83.6 Å². The van der Waals surface area contributed by atoms with E-state index in [0.717, 1.165) is 32.7 Å². The minimum absolute atomic E-state index is 0.257. The Morgan fingerprint density at radius 2 is 1.81 bits per heavy atom. The number of guanidine groups is 1. The number of piperazine rings is 1. The van der Waals surface area contributed by atoms with E-state index in [0.29, 0.717) is 38.2 Å². The summed E-state index contributed by atoms with van der Waals surface area (Å²) in [6.07, 6.45) is 2.11. The van der Waals surface area contributed by atoms with E-state index in [-0.39, 0.29) is 6.09 Å². The second kappa shape index (κ2) is 9.41. The SMILES string of the molecule is COCCN1CCCC1CN=C(N)N1CCN(C(=O)OC(C)(C)C)CC1. The lowest BCUT2D eigenvalue weighted by Gasteiger charge is -2.36. The number of methoxy groups -OCH3 is 1. The molecule has 2 aliphatic rings. The first-order valence-corrected chi connectivity index (χ1v) is 9.56. The standard InChI is InChI=1S/C18H35N5O3/c1-18(2,3)26-17(24)23-10-8-22(9-11-23)16(19)20-14-15-6-5-7-21(15)12-13-25-4/h15H,5-14H2,1-4H3,(H2,19,20). The van der Waals surface area contributed by atoms with Gasteiger partial charge in [-0.15, -0.1) is 0 Å². The van der Waals surface area contributed by atoms with E-state index in [2.05, 4.69) is 14.8 Å². The number of ether oxygens (including phenoxy) is 2. The molecule has 2 rings (SSSR count). The molecule has 0 bridgehead atoms. The number of amides is 1. The summed E-state index contributed by atoms with van der Waals surface area (Å²) in [6.45, 7) is 11.8. The molecule has 1 unspecified atom stereocenters. The number of likely N-dealkylation sites (tertiary alicyclic amines) is 1. The summed E-state index contributed by atoms with van der Waals surface area (Å²) in [7, 11) is 1.73. The van der Waals surface area contributed by atoms with Crippen LogP contribution >= 0.6 is 0 Å². The molecule has 0 spiro atoms. The summed E-state index contributed by atoms with van der Waals surface area (Å²) in [5, 5.41) is 0. The number of nitrogens with two attached hydrogens (primary N) is 1. The van der Waals surface area contributed by atoms with Crippen LogP contribution in [0.4, 0.5) is 4.79 Å². The molecule has 0 radical (unpaired) electrons. The molecular weight excluding hydrogens is 334 g/mol. The monoisotopic (exact) mass is 369 g/mol. The Balaban J connectivity index is 1.77. The van der Waals surface area contributed by atoms with Crippen LogP contribution in [0.5, 0.6) is 0 Å². The molecule has 2 aliphatic heterocycles. The predicted molar refractivity (Wildman–Crippen MR) is 102 cm³/mol. The van der Waals surface area contributed by atoms with Crippen LogP contribution in [-0.2, 0) is 9.47 Å². The summed E-state index contributed by atoms with van der Waals surface area (Å²) in [4.78, 5) is 23.0. The zero-order valence-electron chi connectivity index (χ0n) is 16.7. The fourth-order valence-corrected chi connectivity index (χ4v) is 3.35. The molecule has 150 valence electrons. The number of nitrogens with zero attached hydrogens (tertiary/aromatic N) is 4. The van der Waals surface area contributed by atoms with Crippen LogP contribution in [0.15, 0.2) is 4.99 Å². The average molecular weight is 370 g/mol. The number of hydrogen-bond donors (Lipinski definition) is 1. The van der Waals surface area contributed by atoms with E-state index in [4.69, 9.17) is 15.2 Å². The quantitative estimate of drug-likeness (QED) is 0.574. The van der Waals surface area contributed by atoms with E-state index in [1.807, 2.05) is 20.8 Å². The van der Waals surface area contributed by atoms with E-state index in [9.17, 15) is 4.79 Å². The lowest BCUT2D eigenvalue weighted by atomic mass is 10.2. The summed E-state index contributed by atoms with van der Waals surface area (Å²) in [6, 6.07) is 0.451. The Morgan fingerprint density at radius 3 is 2.42 bits per heavy atom. The first-order valence-electron chi connectivity index (χ1n) is 9.56. The van der Waals surface area contributed by atoms with Crippen LogP contribution in [0.2, 0.25) is 0 Å². The average Bonchev–Trinajstić information content (AvgIpc) is 3.03. The van der Waals surface area contributed by atoms with Gasteiger partial charge in [0.2, 0.25) is 0 Å². The largest absolute Gasteiger partial charge is 0.444 e. The number of aliphatic imine (C=N–C) groups is 1. The van der Waals surface area contributed by atoms with Crippen molar-refractivity contribution >= 4 is 12.1 Å². The summed E-state index contributed by atoms with van der Waals surface area (Å²) in [5.74, 6) is 0.576. The summed E-state index contributed by atoms with van der Waals surface area (Å²) < 4.78 is 10.6. The third-order valence-corrected chi connectivity index (χ3v) is 4.80. The first-order chi connectivity index (χ1) is 12.3. The maximum Gasteiger partial charge on any atom is 0.410 e. The smallest absolute Gasteiger partial charge is 0.410 e. The molecule has 0 aromatic rings. The zero-order valence-corrected chi connectivity index (χ0v) is 16.7. The van der Waals surface area contributed by atoms with Gasteiger partial charge in [0.25, 0.3) is 0 Å². The lowest BCUT2D eigenvalue weighted by Crippen LogP contribution is -2.53. The highest BCUT2D eigenvalue weighted by Gasteiger charge is 2.27. The van der Waals surface area contributed by atoms with Crippen LogP contribution in [0.1, 0.15) is 33.6 Å². The predicted octanol–water partition coefficient (Wildman–Crippen LogP) is 0.965. The second-order valence-corrected chi connectivity index (χ2v) is 7.98. The second-order valence-electron chi connectivity index (χ2n) is 7.98. The Morgan fingerprint density at radius 1 is 1.15 bits per heavy atom. The molecule has 8 heteroatoms. The third kappa shape index (κ3) is 6.32. The first kappa shape index (κ1) is 20.8. The molecule has 0 saturated carbocycles. The van der Waals surface area contributed by atoms with Crippen LogP contribution in [0.3, 0.4) is 0 Å². The highest BCUT2D eigenvalue weighted by molar-refractivity contribution is 5.78. The van der Waals surface area contributed by atoms with Crippen molar-refractivity contribution < 1.29 is 14.3 Å². The van der Waals surface area contributed by atoms with Crippen LogP contribution in [0.25, 0.3) is 0 Å². The van der Waals surface area contributed by atoms with Crippen LogP contribution in [-0.4, -0.2) is 97.9 Å². The molecule has 0 aromatic heterocycles. The van der Waals surface area contributed by atoms with Crippen molar-refractivity contribution in [3.63, 3.8) is 0 Å². The van der Waals surface area contributed by atoms with Crippen molar-refractivity contribution in [2.45, 2.75) is 45.3 Å². The molecule has 2 N–H and O–H groups in total. The number of hydrogen-bond acceptors (Lipinski definition) is 5. The summed E-state index contributed by atoms with van der Waals surface area (Å²) >= 11 is 0. The molecule has 2 fully saturated rings. The summed E-state index contributed by atoms with van der Waals surface area (Å²) in [5.41, 5.74) is 5.73. The van der Waals surface area contributed by atoms with Gasteiger partial charge >= 0.3 is 6.09 Å². The molecule has 1 amide bonds. The minimum atomic E-state index is -0.468. The Kier molecular flexibility index (Phi) is 7.52. The number of carbonyl (C=O) groups excluding carboxylic acids is 1. The van der Waals surface area contributed by atoms with E-state index >= 15 is 0 Å². The number of carbonyl (C=O) groups is 1. The normalized spacial score (nSPS) is 22.8. The number of rotatable bonds is 5. The molecule has 26 heavy (non-hydrogen) atoms. The highest BCUT2D eigenvalue weighted by atomic mass is 16.6. The van der Waals surface area contributed by atoms with Gasteiger partial charge in [-0.25, -0.2) is 4.79 Å². The van der Waals surface area contributed by atoms with Gasteiger partial charge < -0.3 is 25.0 Å². The van der Waals surface area contributed by atoms with Gasteiger partial charge in [-0.05, 0) is 40.2 Å². The molecule has 0 aromatic carbocycles. The zero-order chi connectivity index (χ0) is 19.2. The molecule has 2 heterocycles. The van der Waals surface area contributed by atoms with Gasteiger partial charge in [-0.3, -0.25) is 9.89 Å². The highest BCUT2D eigenvalue weighted by Crippen LogP contribution is 2.17. The van der Waals surface area contributed by atoms with Gasteiger partial charge in [-0.1, -0.05) is 0 Å². The van der Waals surface area contributed by atoms with Crippen molar-refractivity contribution in [3.8, 4) is 0 Å². The molecular formula is C18H35N5O3. The van der Waals surface area contributed by atoms with Gasteiger partial charge in [0.1, 0.15) is 5.60 Å². The van der Waals surface area contributed by atoms with Crippen molar-refractivity contribution in [2.75, 3.05) is 59.5 Å². The molecule has 1 atom stereocenters. The van der Waals surface area contributed by atoms with Crippen molar-refractivity contribution in [1.82, 2.24) is 14.7 Å². The van der Waals surface area contributed by atoms with E-state index < -0.39 is 5.60 Å². The van der Waals surface area contributed by atoms with E-state index in [1.165, 1.54) is 6.42 Å². The van der Waals surface area contributed by atoms with Crippen molar-refractivity contribution in [3.05, 3.63) is 0 Å². The lowest BCUT2D eigenvalue weighted by molar-refractivity contribution is 0.0186.